The van der Waals surface area contributed by atoms with Gasteiger partial charge in [-0.1, -0.05) is 228 Å². The molecule has 0 aromatic rings. The number of hydrogen-bond acceptors (Lipinski definition) is 6. The number of unbranched alkanes of at least 4 members (excludes halogenated alkanes) is 23. The first-order chi connectivity index (χ1) is 32.0. The average Bonchev–Trinajstić information content (AvgIpc) is 3.30. The molecule has 6 nitrogen and oxygen atoms in total. The van der Waals surface area contributed by atoms with Gasteiger partial charge in [0.2, 0.25) is 0 Å². The molecule has 0 N–H and O–H groups in total. The molecular weight excluding hydrogens is 805 g/mol. The van der Waals surface area contributed by atoms with Crippen LogP contribution in [0.4, 0.5) is 0 Å². The standard InChI is InChI=1S/C59H100O6/c1-4-7-10-13-16-19-22-25-28-30-32-34-37-40-43-46-49-52-58(61)64-55-56(54-63-57(60)51-48-45-42-39-36-33-27-24-21-18-15-12-9-6-3)65-59(62)53-50-47-44-41-38-35-31-29-26-23-20-17-14-11-8-5-2/h7,10,16,19-20,23,25,28-29,31-32,34,40,43,56H,4-6,8-9,11-15,17-18,21-22,24,26-27,30,33,35-39,41-42,44-55H2,1-3H3/b10-7-,19-16-,23-20-,28-25-,31-29-,34-32-,43-40-. The van der Waals surface area contributed by atoms with E-state index >= 15 is 0 Å². The van der Waals surface area contributed by atoms with Crippen LogP contribution in [0.25, 0.3) is 0 Å². The summed E-state index contributed by atoms with van der Waals surface area (Å²) in [5, 5.41) is 0. The maximum Gasteiger partial charge on any atom is 0.306 e. The Hall–Kier alpha value is -3.41. The van der Waals surface area contributed by atoms with Crippen LogP contribution < -0.4 is 0 Å². The van der Waals surface area contributed by atoms with Crippen molar-refractivity contribution in [3.8, 4) is 0 Å². The quantitative estimate of drug-likeness (QED) is 0.0262. The van der Waals surface area contributed by atoms with Crippen LogP contribution in [0.1, 0.15) is 252 Å². The van der Waals surface area contributed by atoms with Gasteiger partial charge in [0.1, 0.15) is 13.2 Å². The van der Waals surface area contributed by atoms with E-state index in [0.717, 1.165) is 103 Å². The SMILES string of the molecule is CC/C=C\C/C=C\C/C=C\C/C=C\C/C=C\CCCC(=O)OCC(COC(=O)CCCCCCCCCCCCCCCC)OC(=O)CCCCCCC/C=C\C/C=C\CCCCCC. The van der Waals surface area contributed by atoms with Crippen LogP contribution in [0.5, 0.6) is 0 Å². The molecule has 1 unspecified atom stereocenters. The van der Waals surface area contributed by atoms with Crippen LogP contribution in [0, 0.1) is 0 Å². The van der Waals surface area contributed by atoms with Crippen LogP contribution in [0.3, 0.4) is 0 Å². The first-order valence-electron chi connectivity index (χ1n) is 27.1. The fourth-order valence-electron chi connectivity index (χ4n) is 7.33. The second-order valence-corrected chi connectivity index (χ2v) is 17.8. The predicted octanol–water partition coefficient (Wildman–Crippen LogP) is 18.0. The largest absolute Gasteiger partial charge is 0.462 e. The molecule has 0 aromatic heterocycles. The van der Waals surface area contributed by atoms with Crippen molar-refractivity contribution in [1.82, 2.24) is 0 Å². The summed E-state index contributed by atoms with van der Waals surface area (Å²) in [7, 11) is 0. The van der Waals surface area contributed by atoms with Gasteiger partial charge < -0.3 is 14.2 Å². The highest BCUT2D eigenvalue weighted by Gasteiger charge is 2.19. The zero-order valence-electron chi connectivity index (χ0n) is 42.5. The van der Waals surface area contributed by atoms with Crippen LogP contribution >= 0.6 is 0 Å². The van der Waals surface area contributed by atoms with E-state index < -0.39 is 6.10 Å². The van der Waals surface area contributed by atoms with Crippen molar-refractivity contribution in [1.29, 1.82) is 0 Å². The Bertz CT molecular complexity index is 1270. The normalized spacial score (nSPS) is 12.7. The summed E-state index contributed by atoms with van der Waals surface area (Å²) in [6.45, 7) is 6.45. The Balaban J connectivity index is 4.50. The maximum absolute atomic E-state index is 12.8. The van der Waals surface area contributed by atoms with Crippen molar-refractivity contribution in [3.05, 3.63) is 85.1 Å². The number of carbonyl (C=O) groups is 3. The lowest BCUT2D eigenvalue weighted by Gasteiger charge is -2.18. The number of carbonyl (C=O) groups excluding carboxylic acids is 3. The number of esters is 3. The molecule has 0 amide bonds. The zero-order chi connectivity index (χ0) is 47.2. The number of rotatable bonds is 48. The van der Waals surface area contributed by atoms with Gasteiger partial charge in [0.05, 0.1) is 0 Å². The van der Waals surface area contributed by atoms with Gasteiger partial charge in [-0.2, -0.15) is 0 Å². The van der Waals surface area contributed by atoms with Gasteiger partial charge in [0.25, 0.3) is 0 Å². The summed E-state index contributed by atoms with van der Waals surface area (Å²) in [5.41, 5.74) is 0. The molecule has 0 saturated carbocycles. The van der Waals surface area contributed by atoms with E-state index in [-0.39, 0.29) is 37.5 Å². The molecule has 0 saturated heterocycles. The highest BCUT2D eigenvalue weighted by molar-refractivity contribution is 5.71. The van der Waals surface area contributed by atoms with Gasteiger partial charge in [0, 0.05) is 19.3 Å². The molecule has 0 aliphatic rings. The van der Waals surface area contributed by atoms with Crippen molar-refractivity contribution in [2.75, 3.05) is 13.2 Å². The van der Waals surface area contributed by atoms with Crippen LogP contribution in [0.15, 0.2) is 85.1 Å². The van der Waals surface area contributed by atoms with Gasteiger partial charge in [0.15, 0.2) is 6.10 Å². The minimum absolute atomic E-state index is 0.0985. The second-order valence-electron chi connectivity index (χ2n) is 17.8. The Kier molecular flexibility index (Phi) is 50.4. The molecule has 0 aliphatic heterocycles. The summed E-state index contributed by atoms with van der Waals surface area (Å²) in [4.78, 5) is 38.0. The molecule has 372 valence electrons. The van der Waals surface area contributed by atoms with Gasteiger partial charge in [-0.15, -0.1) is 0 Å². The van der Waals surface area contributed by atoms with E-state index in [0.29, 0.717) is 19.3 Å². The summed E-state index contributed by atoms with van der Waals surface area (Å²) in [5.74, 6) is -0.970. The Morgan fingerprint density at radius 3 is 1.02 bits per heavy atom. The van der Waals surface area contributed by atoms with E-state index in [4.69, 9.17) is 14.2 Å². The molecule has 65 heavy (non-hydrogen) atoms. The van der Waals surface area contributed by atoms with E-state index in [1.54, 1.807) is 0 Å². The van der Waals surface area contributed by atoms with Crippen LogP contribution in [-0.2, 0) is 28.6 Å². The van der Waals surface area contributed by atoms with E-state index in [1.165, 1.54) is 103 Å². The lowest BCUT2D eigenvalue weighted by atomic mass is 10.0. The minimum atomic E-state index is -0.805. The van der Waals surface area contributed by atoms with E-state index in [9.17, 15) is 14.4 Å². The molecular formula is C59H100O6. The van der Waals surface area contributed by atoms with Crippen molar-refractivity contribution >= 4 is 17.9 Å². The maximum atomic E-state index is 12.8. The third-order valence-electron chi connectivity index (χ3n) is 11.4. The van der Waals surface area contributed by atoms with E-state index in [2.05, 4.69) is 106 Å². The average molecular weight is 905 g/mol. The molecule has 1 atom stereocenters. The molecule has 0 aromatic carbocycles. The van der Waals surface area contributed by atoms with Crippen molar-refractivity contribution in [2.45, 2.75) is 258 Å². The molecule has 0 radical (unpaired) electrons. The molecule has 0 rings (SSSR count). The highest BCUT2D eigenvalue weighted by atomic mass is 16.6. The molecule has 0 heterocycles. The Labute approximate surface area is 401 Å². The molecule has 6 heteroatoms. The van der Waals surface area contributed by atoms with Crippen molar-refractivity contribution in [3.63, 3.8) is 0 Å². The predicted molar refractivity (Wildman–Crippen MR) is 279 cm³/mol. The van der Waals surface area contributed by atoms with Gasteiger partial charge in [-0.3, -0.25) is 14.4 Å². The lowest BCUT2D eigenvalue weighted by Crippen LogP contribution is -2.30. The fraction of sp³-hybridized carbons (Fsp3) is 0.712. The van der Waals surface area contributed by atoms with Gasteiger partial charge in [-0.05, 0) is 89.9 Å². The molecule has 0 bridgehead atoms. The first kappa shape index (κ1) is 61.6. The third-order valence-corrected chi connectivity index (χ3v) is 11.4. The smallest absolute Gasteiger partial charge is 0.306 e. The van der Waals surface area contributed by atoms with Gasteiger partial charge in [-0.25, -0.2) is 0 Å². The number of ether oxygens (including phenoxy) is 3. The van der Waals surface area contributed by atoms with Crippen LogP contribution in [0.2, 0.25) is 0 Å². The third kappa shape index (κ3) is 51.4. The minimum Gasteiger partial charge on any atom is -0.462 e. The Morgan fingerprint density at radius 2 is 0.615 bits per heavy atom. The van der Waals surface area contributed by atoms with Crippen molar-refractivity contribution in [2.24, 2.45) is 0 Å². The lowest BCUT2D eigenvalue weighted by molar-refractivity contribution is -0.167. The van der Waals surface area contributed by atoms with Crippen LogP contribution in [-0.4, -0.2) is 37.2 Å². The highest BCUT2D eigenvalue weighted by Crippen LogP contribution is 2.15. The summed E-state index contributed by atoms with van der Waals surface area (Å²) in [6.07, 6.45) is 68.5. The van der Waals surface area contributed by atoms with E-state index in [1.807, 2.05) is 0 Å². The molecule has 0 aliphatic carbocycles. The van der Waals surface area contributed by atoms with Crippen molar-refractivity contribution < 1.29 is 28.6 Å². The summed E-state index contributed by atoms with van der Waals surface area (Å²) >= 11 is 0. The first-order valence-corrected chi connectivity index (χ1v) is 27.1. The zero-order valence-corrected chi connectivity index (χ0v) is 42.5. The number of allylic oxidation sites excluding steroid dienone is 14. The molecule has 0 fully saturated rings. The number of hydrogen-bond donors (Lipinski definition) is 0. The fourth-order valence-corrected chi connectivity index (χ4v) is 7.33. The molecule has 0 spiro atoms. The topological polar surface area (TPSA) is 78.9 Å². The van der Waals surface area contributed by atoms with Gasteiger partial charge >= 0.3 is 17.9 Å². The Morgan fingerprint density at radius 1 is 0.323 bits per heavy atom. The second kappa shape index (κ2) is 53.2. The summed E-state index contributed by atoms with van der Waals surface area (Å²) in [6, 6.07) is 0. The monoisotopic (exact) mass is 905 g/mol. The summed E-state index contributed by atoms with van der Waals surface area (Å²) < 4.78 is 16.8.